The van der Waals surface area contributed by atoms with E-state index in [-0.39, 0.29) is 11.3 Å². The van der Waals surface area contributed by atoms with Gasteiger partial charge in [-0.05, 0) is 53.0 Å². The minimum atomic E-state index is -0.130. The third-order valence-electron chi connectivity index (χ3n) is 5.83. The van der Waals surface area contributed by atoms with E-state index in [9.17, 15) is 4.79 Å². The molecule has 0 N–H and O–H groups in total. The van der Waals surface area contributed by atoms with Gasteiger partial charge in [-0.25, -0.2) is 4.98 Å². The van der Waals surface area contributed by atoms with Crippen LogP contribution in [0.2, 0.25) is 0 Å². The van der Waals surface area contributed by atoms with Crippen LogP contribution in [0, 0.1) is 0 Å². The summed E-state index contributed by atoms with van der Waals surface area (Å²) in [4.78, 5) is 25.1. The first-order chi connectivity index (χ1) is 13.6. The van der Waals surface area contributed by atoms with Gasteiger partial charge in [-0.15, -0.1) is 0 Å². The average molecular weight is 400 g/mol. The minimum absolute atomic E-state index is 0.0517. The fourth-order valence-electron chi connectivity index (χ4n) is 4.41. The molecule has 0 radical (unpaired) electrons. The van der Waals surface area contributed by atoms with Crippen LogP contribution in [0.4, 0.5) is 0 Å². The fourth-order valence-corrected chi connectivity index (χ4v) is 4.41. The predicted octanol–water partition coefficient (Wildman–Crippen LogP) is 3.12. The minimum Gasteiger partial charge on any atom is -0.334 e. The molecule has 0 saturated carbocycles. The molecular formula is C23H37N5O. The molecule has 6 nitrogen and oxygen atoms in total. The van der Waals surface area contributed by atoms with E-state index in [0.29, 0.717) is 17.8 Å². The van der Waals surface area contributed by atoms with Gasteiger partial charge in [-0.2, -0.15) is 0 Å². The number of nitrogens with zero attached hydrogens (tertiary/aromatic N) is 5. The quantitative estimate of drug-likeness (QED) is 0.775. The Balaban J connectivity index is 1.80. The van der Waals surface area contributed by atoms with Gasteiger partial charge in [-0.3, -0.25) is 9.69 Å². The van der Waals surface area contributed by atoms with Crippen molar-refractivity contribution in [1.29, 1.82) is 0 Å². The Morgan fingerprint density at radius 2 is 1.83 bits per heavy atom. The lowest BCUT2D eigenvalue weighted by atomic mass is 9.96. The first kappa shape index (κ1) is 21.8. The largest absolute Gasteiger partial charge is 0.334 e. The van der Waals surface area contributed by atoms with E-state index in [4.69, 9.17) is 4.98 Å². The maximum absolute atomic E-state index is 13.5. The Labute approximate surface area is 175 Å². The summed E-state index contributed by atoms with van der Waals surface area (Å²) in [5.74, 6) is 0.982. The number of carbonyl (C=O) groups excluding carboxylic acids is 1. The van der Waals surface area contributed by atoms with E-state index in [1.807, 2.05) is 29.3 Å². The summed E-state index contributed by atoms with van der Waals surface area (Å²) in [6.07, 6.45) is 3.16. The molecule has 3 heterocycles. The number of carbonyl (C=O) groups is 1. The van der Waals surface area contributed by atoms with Crippen molar-refractivity contribution in [1.82, 2.24) is 24.1 Å². The van der Waals surface area contributed by atoms with Crippen molar-refractivity contribution >= 4 is 11.4 Å². The molecule has 1 aliphatic rings. The van der Waals surface area contributed by atoms with Crippen LogP contribution >= 0.6 is 0 Å². The summed E-state index contributed by atoms with van der Waals surface area (Å²) in [5, 5.41) is 0. The molecule has 29 heavy (non-hydrogen) atoms. The number of hydrogen-bond donors (Lipinski definition) is 0. The molecule has 6 heteroatoms. The van der Waals surface area contributed by atoms with Gasteiger partial charge in [0.15, 0.2) is 5.69 Å². The molecule has 2 unspecified atom stereocenters. The molecule has 1 saturated heterocycles. The lowest BCUT2D eigenvalue weighted by molar-refractivity contribution is 0.0292. The highest BCUT2D eigenvalue weighted by atomic mass is 16.2. The summed E-state index contributed by atoms with van der Waals surface area (Å²) >= 11 is 0. The van der Waals surface area contributed by atoms with Crippen molar-refractivity contribution < 1.29 is 4.79 Å². The molecule has 0 aromatic carbocycles. The highest BCUT2D eigenvalue weighted by Gasteiger charge is 2.34. The number of amides is 1. The van der Waals surface area contributed by atoms with Crippen molar-refractivity contribution in [3.05, 3.63) is 35.9 Å². The van der Waals surface area contributed by atoms with Crippen LogP contribution in [0.5, 0.6) is 0 Å². The predicted molar refractivity (Wildman–Crippen MR) is 119 cm³/mol. The third kappa shape index (κ3) is 4.64. The second-order valence-electron chi connectivity index (χ2n) is 9.79. The van der Waals surface area contributed by atoms with E-state index >= 15 is 0 Å². The summed E-state index contributed by atoms with van der Waals surface area (Å²) in [6.45, 7) is 14.6. The number of hydrogen-bond acceptors (Lipinski definition) is 4. The molecule has 3 rings (SSSR count). The van der Waals surface area contributed by atoms with E-state index in [1.54, 1.807) is 0 Å². The molecule has 0 aliphatic carbocycles. The summed E-state index contributed by atoms with van der Waals surface area (Å²) in [6, 6.07) is 6.67. The van der Waals surface area contributed by atoms with E-state index < -0.39 is 0 Å². The standard InChI is InChI=1S/C23H37N5O/c1-17-15-26(16-18(2)27(17)14-10-12-25(6)7)21(29)20-19-11-8-9-13-28(19)22(24-20)23(3,4)5/h8-9,11,13,17-18H,10,12,14-16H2,1-7H3. The normalized spacial score (nSPS) is 21.3. The SMILES string of the molecule is CC1CN(C(=O)c2nc(C(C)(C)C)n3ccccc23)CC(C)N1CCCN(C)C. The number of rotatable bonds is 5. The Morgan fingerprint density at radius 3 is 2.41 bits per heavy atom. The molecule has 160 valence electrons. The van der Waals surface area contributed by atoms with E-state index in [0.717, 1.165) is 43.9 Å². The smallest absolute Gasteiger partial charge is 0.274 e. The van der Waals surface area contributed by atoms with Crippen molar-refractivity contribution in [2.75, 3.05) is 40.3 Å². The topological polar surface area (TPSA) is 44.1 Å². The summed E-state index contributed by atoms with van der Waals surface area (Å²) in [7, 11) is 4.23. The van der Waals surface area contributed by atoms with Crippen LogP contribution in [0.3, 0.4) is 0 Å². The van der Waals surface area contributed by atoms with E-state index in [2.05, 4.69) is 62.9 Å². The van der Waals surface area contributed by atoms with Gasteiger partial charge < -0.3 is 14.2 Å². The van der Waals surface area contributed by atoms with Gasteiger partial charge in [0, 0.05) is 43.3 Å². The van der Waals surface area contributed by atoms with Crippen LogP contribution in [-0.4, -0.2) is 82.3 Å². The number of piperazine rings is 1. The lowest BCUT2D eigenvalue weighted by Gasteiger charge is -2.44. The van der Waals surface area contributed by atoms with Gasteiger partial charge in [0.2, 0.25) is 0 Å². The lowest BCUT2D eigenvalue weighted by Crippen LogP contribution is -2.58. The van der Waals surface area contributed by atoms with Crippen molar-refractivity contribution in [2.45, 2.75) is 58.5 Å². The molecule has 0 spiro atoms. The molecule has 0 bridgehead atoms. The fraction of sp³-hybridized carbons (Fsp3) is 0.652. The van der Waals surface area contributed by atoms with Crippen LogP contribution in [0.25, 0.3) is 5.52 Å². The van der Waals surface area contributed by atoms with Crippen LogP contribution in [0.1, 0.15) is 57.4 Å². The second kappa shape index (κ2) is 8.44. The zero-order chi connectivity index (χ0) is 21.3. The molecule has 1 amide bonds. The molecular weight excluding hydrogens is 362 g/mol. The maximum Gasteiger partial charge on any atom is 0.274 e. The Morgan fingerprint density at radius 1 is 1.17 bits per heavy atom. The van der Waals surface area contributed by atoms with Gasteiger partial charge in [0.05, 0.1) is 5.52 Å². The Kier molecular flexibility index (Phi) is 6.34. The van der Waals surface area contributed by atoms with Crippen molar-refractivity contribution in [3.63, 3.8) is 0 Å². The highest BCUT2D eigenvalue weighted by Crippen LogP contribution is 2.26. The van der Waals surface area contributed by atoms with Crippen molar-refractivity contribution in [2.24, 2.45) is 0 Å². The maximum atomic E-state index is 13.5. The number of aromatic nitrogens is 2. The highest BCUT2D eigenvalue weighted by molar-refractivity contribution is 5.99. The van der Waals surface area contributed by atoms with Gasteiger partial charge in [0.25, 0.3) is 5.91 Å². The number of pyridine rings is 1. The van der Waals surface area contributed by atoms with Gasteiger partial charge in [0.1, 0.15) is 5.82 Å². The molecule has 2 aromatic heterocycles. The van der Waals surface area contributed by atoms with Crippen LogP contribution in [-0.2, 0) is 5.41 Å². The molecule has 2 aromatic rings. The molecule has 1 fully saturated rings. The van der Waals surface area contributed by atoms with Gasteiger partial charge in [-0.1, -0.05) is 26.8 Å². The summed E-state index contributed by atoms with van der Waals surface area (Å²) < 4.78 is 2.07. The summed E-state index contributed by atoms with van der Waals surface area (Å²) in [5.41, 5.74) is 1.35. The monoisotopic (exact) mass is 399 g/mol. The Hall–Kier alpha value is -1.92. The average Bonchev–Trinajstić information content (AvgIpc) is 3.03. The third-order valence-corrected chi connectivity index (χ3v) is 5.83. The first-order valence-electron chi connectivity index (χ1n) is 10.8. The number of imidazole rings is 1. The van der Waals surface area contributed by atoms with Crippen molar-refractivity contribution in [3.8, 4) is 0 Å². The molecule has 2 atom stereocenters. The Bertz CT molecular complexity index is 839. The van der Waals surface area contributed by atoms with Crippen LogP contribution in [0.15, 0.2) is 24.4 Å². The van der Waals surface area contributed by atoms with Gasteiger partial charge >= 0.3 is 0 Å². The van der Waals surface area contributed by atoms with Crippen LogP contribution < -0.4 is 0 Å². The molecule has 1 aliphatic heterocycles. The number of fused-ring (bicyclic) bond motifs is 1. The second-order valence-corrected chi connectivity index (χ2v) is 9.79. The van der Waals surface area contributed by atoms with E-state index in [1.165, 1.54) is 0 Å². The zero-order valence-corrected chi connectivity index (χ0v) is 19.1. The zero-order valence-electron chi connectivity index (χ0n) is 19.1. The first-order valence-corrected chi connectivity index (χ1v) is 10.8.